The molecule has 0 atom stereocenters. The Morgan fingerprint density at radius 2 is 1.96 bits per heavy atom. The second kappa shape index (κ2) is 7.40. The zero-order valence-electron chi connectivity index (χ0n) is 15.7. The van der Waals surface area contributed by atoms with Gasteiger partial charge in [-0.05, 0) is 43.8 Å². The number of carbonyl (C=O) groups excluding carboxylic acids is 1. The molecule has 3 heterocycles. The molecule has 6 heteroatoms. The maximum Gasteiger partial charge on any atom is 0.340 e. The van der Waals surface area contributed by atoms with Crippen molar-refractivity contribution in [3.8, 4) is 11.1 Å². The first-order chi connectivity index (χ1) is 13.2. The lowest BCUT2D eigenvalue weighted by Crippen LogP contribution is -2.45. The molecule has 3 aromatic rings. The van der Waals surface area contributed by atoms with Crippen LogP contribution in [0.2, 0.25) is 0 Å². The van der Waals surface area contributed by atoms with Crippen molar-refractivity contribution in [3.63, 3.8) is 0 Å². The van der Waals surface area contributed by atoms with Crippen molar-refractivity contribution in [3.05, 3.63) is 48.3 Å². The number of anilines is 1. The molecule has 1 N–H and O–H groups in total. The summed E-state index contributed by atoms with van der Waals surface area (Å²) in [5.74, 6) is -0.274. The van der Waals surface area contributed by atoms with E-state index in [-0.39, 0.29) is 5.97 Å². The Morgan fingerprint density at radius 1 is 1.15 bits per heavy atom. The number of benzene rings is 1. The molecule has 1 aromatic carbocycles. The van der Waals surface area contributed by atoms with E-state index in [1.165, 1.54) is 0 Å². The molecule has 0 saturated carbocycles. The molecule has 1 saturated heterocycles. The van der Waals surface area contributed by atoms with Gasteiger partial charge in [0.25, 0.3) is 0 Å². The van der Waals surface area contributed by atoms with Gasteiger partial charge in [-0.25, -0.2) is 9.78 Å². The predicted molar refractivity (Wildman–Crippen MR) is 107 cm³/mol. The lowest BCUT2D eigenvalue weighted by atomic mass is 10.0. The highest BCUT2D eigenvalue weighted by Gasteiger charge is 2.21. The summed E-state index contributed by atoms with van der Waals surface area (Å²) in [5, 5.41) is 1.05. The summed E-state index contributed by atoms with van der Waals surface area (Å²) in [7, 11) is 2.12. The lowest BCUT2D eigenvalue weighted by Gasteiger charge is -2.35. The normalized spacial score (nSPS) is 15.3. The standard InChI is InChI=1S/C21H24N4O2/c1-3-27-21(26)18-13-15(17-12-16-6-7-22-20(16)23-14-17)4-5-19(18)25-10-8-24(2)9-11-25/h4-7,12-14H,3,8-11H2,1-2H3,(H,22,23). The van der Waals surface area contributed by atoms with Crippen molar-refractivity contribution in [1.29, 1.82) is 0 Å². The molecule has 6 nitrogen and oxygen atoms in total. The van der Waals surface area contributed by atoms with Crippen molar-refractivity contribution < 1.29 is 9.53 Å². The number of nitrogens with zero attached hydrogens (tertiary/aromatic N) is 3. The minimum absolute atomic E-state index is 0.274. The minimum atomic E-state index is -0.274. The highest BCUT2D eigenvalue weighted by molar-refractivity contribution is 5.98. The van der Waals surface area contributed by atoms with Gasteiger partial charge in [0.15, 0.2) is 0 Å². The fourth-order valence-electron chi connectivity index (χ4n) is 3.51. The largest absolute Gasteiger partial charge is 0.462 e. The maximum absolute atomic E-state index is 12.6. The van der Waals surface area contributed by atoms with Crippen LogP contribution in [0.15, 0.2) is 42.7 Å². The van der Waals surface area contributed by atoms with Crippen LogP contribution >= 0.6 is 0 Å². The number of hydrogen-bond donors (Lipinski definition) is 1. The van der Waals surface area contributed by atoms with E-state index in [0.29, 0.717) is 12.2 Å². The summed E-state index contributed by atoms with van der Waals surface area (Å²) < 4.78 is 5.33. The first kappa shape index (κ1) is 17.5. The number of aromatic nitrogens is 2. The van der Waals surface area contributed by atoms with E-state index in [1.807, 2.05) is 37.5 Å². The monoisotopic (exact) mass is 364 g/mol. The topological polar surface area (TPSA) is 61.5 Å². The second-order valence-corrected chi connectivity index (χ2v) is 6.88. The number of esters is 1. The molecule has 140 valence electrons. The first-order valence-corrected chi connectivity index (χ1v) is 9.34. The highest BCUT2D eigenvalue weighted by atomic mass is 16.5. The summed E-state index contributed by atoms with van der Waals surface area (Å²) in [4.78, 5) is 24.8. The molecule has 0 aliphatic carbocycles. The van der Waals surface area contributed by atoms with E-state index in [0.717, 1.165) is 54.0 Å². The zero-order valence-corrected chi connectivity index (χ0v) is 15.7. The Labute approximate surface area is 158 Å². The minimum Gasteiger partial charge on any atom is -0.462 e. The molecular weight excluding hydrogens is 340 g/mol. The molecule has 0 bridgehead atoms. The van der Waals surface area contributed by atoms with Crippen LogP contribution in [0, 0.1) is 0 Å². The number of carbonyl (C=O) groups is 1. The smallest absolute Gasteiger partial charge is 0.340 e. The van der Waals surface area contributed by atoms with Crippen LogP contribution in [-0.4, -0.2) is 60.7 Å². The Bertz CT molecular complexity index is 958. The van der Waals surface area contributed by atoms with E-state index < -0.39 is 0 Å². The highest BCUT2D eigenvalue weighted by Crippen LogP contribution is 2.30. The fourth-order valence-corrected chi connectivity index (χ4v) is 3.51. The third-order valence-corrected chi connectivity index (χ3v) is 5.07. The Morgan fingerprint density at radius 3 is 2.74 bits per heavy atom. The molecular formula is C21H24N4O2. The van der Waals surface area contributed by atoms with Crippen LogP contribution in [-0.2, 0) is 4.74 Å². The van der Waals surface area contributed by atoms with Gasteiger partial charge in [-0.15, -0.1) is 0 Å². The number of ether oxygens (including phenoxy) is 1. The predicted octanol–water partition coefficient (Wildman–Crippen LogP) is 3.16. The summed E-state index contributed by atoms with van der Waals surface area (Å²) in [6.07, 6.45) is 3.71. The number of H-pyrrole nitrogens is 1. The Hall–Kier alpha value is -2.86. The number of nitrogens with one attached hydrogen (secondary N) is 1. The third-order valence-electron chi connectivity index (χ3n) is 5.07. The number of pyridine rings is 1. The summed E-state index contributed by atoms with van der Waals surface area (Å²) in [5.41, 5.74) is 4.37. The molecule has 2 aromatic heterocycles. The van der Waals surface area contributed by atoms with Crippen LogP contribution in [0.5, 0.6) is 0 Å². The van der Waals surface area contributed by atoms with Gasteiger partial charge in [0.05, 0.1) is 17.9 Å². The number of rotatable bonds is 4. The average Bonchev–Trinajstić information content (AvgIpc) is 3.16. The average molecular weight is 364 g/mol. The molecule has 1 fully saturated rings. The van der Waals surface area contributed by atoms with Gasteiger partial charge in [0.2, 0.25) is 0 Å². The van der Waals surface area contributed by atoms with Crippen molar-refractivity contribution in [2.24, 2.45) is 0 Å². The molecule has 1 aliphatic rings. The Kier molecular flexibility index (Phi) is 4.81. The van der Waals surface area contributed by atoms with E-state index in [2.05, 4.69) is 38.9 Å². The van der Waals surface area contributed by atoms with Gasteiger partial charge < -0.3 is 19.5 Å². The van der Waals surface area contributed by atoms with E-state index in [4.69, 9.17) is 4.74 Å². The Balaban J connectivity index is 1.73. The van der Waals surface area contributed by atoms with Crippen LogP contribution in [0.3, 0.4) is 0 Å². The number of fused-ring (bicyclic) bond motifs is 1. The van der Waals surface area contributed by atoms with Crippen molar-refractivity contribution >= 4 is 22.7 Å². The molecule has 0 amide bonds. The van der Waals surface area contributed by atoms with Crippen LogP contribution in [0.1, 0.15) is 17.3 Å². The van der Waals surface area contributed by atoms with E-state index in [9.17, 15) is 4.79 Å². The van der Waals surface area contributed by atoms with Gasteiger partial charge in [0.1, 0.15) is 5.65 Å². The molecule has 0 spiro atoms. The zero-order chi connectivity index (χ0) is 18.8. The van der Waals surface area contributed by atoms with Crippen LogP contribution in [0.25, 0.3) is 22.2 Å². The SMILES string of the molecule is CCOC(=O)c1cc(-c2cnc3[nH]ccc3c2)ccc1N1CCN(C)CC1. The molecule has 4 rings (SSSR count). The maximum atomic E-state index is 12.6. The molecule has 0 unspecified atom stereocenters. The van der Waals surface area contributed by atoms with Gasteiger partial charge >= 0.3 is 5.97 Å². The molecule has 0 radical (unpaired) electrons. The van der Waals surface area contributed by atoms with Crippen LogP contribution < -0.4 is 4.90 Å². The first-order valence-electron chi connectivity index (χ1n) is 9.34. The van der Waals surface area contributed by atoms with Crippen molar-refractivity contribution in [2.75, 3.05) is 44.7 Å². The third kappa shape index (κ3) is 3.53. The molecule has 27 heavy (non-hydrogen) atoms. The quantitative estimate of drug-likeness (QED) is 0.721. The van der Waals surface area contributed by atoms with E-state index >= 15 is 0 Å². The van der Waals surface area contributed by atoms with Gasteiger partial charge in [-0.3, -0.25) is 0 Å². The number of hydrogen-bond acceptors (Lipinski definition) is 5. The summed E-state index contributed by atoms with van der Waals surface area (Å²) in [6.45, 7) is 5.97. The number of likely N-dealkylation sites (N-methyl/N-ethyl adjacent to an activating group) is 1. The van der Waals surface area contributed by atoms with Gasteiger partial charge in [-0.1, -0.05) is 6.07 Å². The van der Waals surface area contributed by atoms with Gasteiger partial charge in [0, 0.05) is 49.5 Å². The number of piperazine rings is 1. The fraction of sp³-hybridized carbons (Fsp3) is 0.333. The summed E-state index contributed by atoms with van der Waals surface area (Å²) >= 11 is 0. The summed E-state index contributed by atoms with van der Waals surface area (Å²) in [6, 6.07) is 10.1. The van der Waals surface area contributed by atoms with Crippen molar-refractivity contribution in [2.45, 2.75) is 6.92 Å². The molecule has 1 aliphatic heterocycles. The van der Waals surface area contributed by atoms with Crippen LogP contribution in [0.4, 0.5) is 5.69 Å². The number of aromatic amines is 1. The van der Waals surface area contributed by atoms with Crippen molar-refractivity contribution in [1.82, 2.24) is 14.9 Å². The van der Waals surface area contributed by atoms with E-state index in [1.54, 1.807) is 0 Å². The second-order valence-electron chi connectivity index (χ2n) is 6.88. The lowest BCUT2D eigenvalue weighted by molar-refractivity contribution is 0.0527. The van der Waals surface area contributed by atoms with Gasteiger partial charge in [-0.2, -0.15) is 0 Å².